The summed E-state index contributed by atoms with van der Waals surface area (Å²) in [6, 6.07) is 8.35. The summed E-state index contributed by atoms with van der Waals surface area (Å²) >= 11 is 0. The van der Waals surface area contributed by atoms with E-state index < -0.39 is 12.8 Å². The lowest BCUT2D eigenvalue weighted by Gasteiger charge is -2.15. The number of nitrogens with one attached hydrogen (secondary N) is 1. The van der Waals surface area contributed by atoms with Crippen LogP contribution in [0.4, 0.5) is 13.2 Å². The van der Waals surface area contributed by atoms with Gasteiger partial charge in [-0.25, -0.2) is 0 Å². The molecule has 1 atom stereocenters. The van der Waals surface area contributed by atoms with Crippen LogP contribution in [0.5, 0.6) is 11.5 Å². The van der Waals surface area contributed by atoms with Crippen LogP contribution in [0, 0.1) is 0 Å². The Hall–Kier alpha value is -2.64. The Balaban J connectivity index is 1.80. The fourth-order valence-corrected chi connectivity index (χ4v) is 2.64. The number of amides is 1. The van der Waals surface area contributed by atoms with Crippen LogP contribution in [0.2, 0.25) is 0 Å². The molecule has 1 amide bonds. The Morgan fingerprint density at radius 2 is 2.00 bits per heavy atom. The number of alkyl halides is 3. The van der Waals surface area contributed by atoms with Gasteiger partial charge >= 0.3 is 6.18 Å². The lowest BCUT2D eigenvalue weighted by molar-refractivity contribution is -0.153. The molecule has 28 heavy (non-hydrogen) atoms. The minimum Gasteiger partial charge on any atom is -0.493 e. The van der Waals surface area contributed by atoms with Crippen LogP contribution in [0.3, 0.4) is 0 Å². The molecule has 0 fully saturated rings. The first-order chi connectivity index (χ1) is 13.3. The van der Waals surface area contributed by atoms with Gasteiger partial charge in [-0.1, -0.05) is 6.07 Å². The molecule has 1 N–H and O–H groups in total. The number of carbonyl (C=O) groups is 1. The number of hydrogen-bond acceptors (Lipinski definition) is 4. The third-order valence-electron chi connectivity index (χ3n) is 4.07. The van der Waals surface area contributed by atoms with E-state index in [1.165, 1.54) is 13.2 Å². The van der Waals surface area contributed by atoms with E-state index >= 15 is 0 Å². The molecule has 1 aromatic heterocycles. The standard InChI is InChI=1S/C20H24F3NO4/c1-14(5-8-16-4-3-11-27-16)24-19(25)10-7-15-6-9-17(18(12-15)26-2)28-13-20(21,22)23/h3-4,6,9,11-12,14H,5,7-8,10,13H2,1-2H3,(H,24,25). The quantitative estimate of drug-likeness (QED) is 0.647. The normalized spacial score (nSPS) is 12.5. The number of methoxy groups -OCH3 is 1. The summed E-state index contributed by atoms with van der Waals surface area (Å²) < 4.78 is 52.0. The molecular formula is C20H24F3NO4. The van der Waals surface area contributed by atoms with Crippen LogP contribution < -0.4 is 14.8 Å². The minimum absolute atomic E-state index is 0.00489. The number of halogens is 3. The van der Waals surface area contributed by atoms with Gasteiger partial charge in [-0.2, -0.15) is 13.2 Å². The first-order valence-corrected chi connectivity index (χ1v) is 8.95. The second kappa shape index (κ2) is 10.1. The maximum Gasteiger partial charge on any atom is 0.422 e. The highest BCUT2D eigenvalue weighted by molar-refractivity contribution is 5.76. The van der Waals surface area contributed by atoms with E-state index in [0.717, 1.165) is 24.2 Å². The summed E-state index contributed by atoms with van der Waals surface area (Å²) in [5, 5.41) is 2.93. The highest BCUT2D eigenvalue weighted by Gasteiger charge is 2.29. The smallest absolute Gasteiger partial charge is 0.422 e. The topological polar surface area (TPSA) is 60.7 Å². The van der Waals surface area contributed by atoms with Gasteiger partial charge in [0.25, 0.3) is 0 Å². The molecule has 1 aromatic carbocycles. The Morgan fingerprint density at radius 3 is 2.64 bits per heavy atom. The van der Waals surface area contributed by atoms with Crippen molar-refractivity contribution in [2.24, 2.45) is 0 Å². The van der Waals surface area contributed by atoms with E-state index in [2.05, 4.69) is 5.32 Å². The minimum atomic E-state index is -4.42. The van der Waals surface area contributed by atoms with Crippen LogP contribution in [-0.2, 0) is 17.6 Å². The number of carbonyl (C=O) groups excluding carboxylic acids is 1. The molecule has 0 saturated heterocycles. The zero-order valence-corrected chi connectivity index (χ0v) is 15.8. The second-order valence-electron chi connectivity index (χ2n) is 6.48. The molecule has 5 nitrogen and oxygen atoms in total. The second-order valence-corrected chi connectivity index (χ2v) is 6.48. The van der Waals surface area contributed by atoms with E-state index in [1.54, 1.807) is 18.4 Å². The monoisotopic (exact) mass is 399 g/mol. The van der Waals surface area contributed by atoms with Crippen LogP contribution in [0.15, 0.2) is 41.0 Å². The van der Waals surface area contributed by atoms with Crippen LogP contribution in [0.1, 0.15) is 31.1 Å². The van der Waals surface area contributed by atoms with Crippen molar-refractivity contribution in [3.8, 4) is 11.5 Å². The molecule has 0 aliphatic carbocycles. The van der Waals surface area contributed by atoms with Gasteiger partial charge in [-0.15, -0.1) is 0 Å². The number of benzene rings is 1. The fourth-order valence-electron chi connectivity index (χ4n) is 2.64. The van der Waals surface area contributed by atoms with Crippen molar-refractivity contribution >= 4 is 5.91 Å². The third-order valence-corrected chi connectivity index (χ3v) is 4.07. The highest BCUT2D eigenvalue weighted by Crippen LogP contribution is 2.30. The van der Waals surface area contributed by atoms with Gasteiger partial charge in [0.15, 0.2) is 18.1 Å². The fraction of sp³-hybridized carbons (Fsp3) is 0.450. The van der Waals surface area contributed by atoms with Crippen LogP contribution in [-0.4, -0.2) is 31.8 Å². The molecule has 0 bridgehead atoms. The average molecular weight is 399 g/mol. The lowest BCUT2D eigenvalue weighted by atomic mass is 10.1. The Labute approximate surface area is 161 Å². The molecule has 0 aliphatic heterocycles. The van der Waals surface area contributed by atoms with E-state index in [9.17, 15) is 18.0 Å². The summed E-state index contributed by atoms with van der Waals surface area (Å²) in [6.45, 7) is 0.539. The van der Waals surface area contributed by atoms with Crippen molar-refractivity contribution in [1.82, 2.24) is 5.32 Å². The van der Waals surface area contributed by atoms with E-state index in [1.807, 2.05) is 19.1 Å². The summed E-state index contributed by atoms with van der Waals surface area (Å²) in [7, 11) is 1.35. The van der Waals surface area contributed by atoms with E-state index in [4.69, 9.17) is 13.9 Å². The maximum absolute atomic E-state index is 12.3. The maximum atomic E-state index is 12.3. The van der Waals surface area contributed by atoms with Crippen molar-refractivity contribution < 1.29 is 31.9 Å². The van der Waals surface area contributed by atoms with Crippen LogP contribution in [0.25, 0.3) is 0 Å². The largest absolute Gasteiger partial charge is 0.493 e. The number of furan rings is 1. The predicted molar refractivity (Wildman–Crippen MR) is 97.5 cm³/mol. The first kappa shape index (κ1) is 21.7. The average Bonchev–Trinajstić information content (AvgIpc) is 3.16. The van der Waals surface area contributed by atoms with Crippen molar-refractivity contribution in [1.29, 1.82) is 0 Å². The summed E-state index contributed by atoms with van der Waals surface area (Å²) in [6.07, 6.45) is -0.602. The van der Waals surface area contributed by atoms with E-state index in [0.29, 0.717) is 6.42 Å². The van der Waals surface area contributed by atoms with Gasteiger partial charge in [0.05, 0.1) is 13.4 Å². The molecular weight excluding hydrogens is 375 g/mol. The molecule has 1 heterocycles. The molecule has 8 heteroatoms. The molecule has 1 unspecified atom stereocenters. The third kappa shape index (κ3) is 7.54. The molecule has 2 rings (SSSR count). The summed E-state index contributed by atoms with van der Waals surface area (Å²) in [5.41, 5.74) is 0.773. The Morgan fingerprint density at radius 1 is 1.21 bits per heavy atom. The van der Waals surface area contributed by atoms with Gasteiger partial charge in [0.2, 0.25) is 5.91 Å². The number of aryl methyl sites for hydroxylation is 2. The predicted octanol–water partition coefficient (Wildman–Crippen LogP) is 4.30. The Bertz CT molecular complexity index is 744. The molecule has 154 valence electrons. The molecule has 2 aromatic rings. The molecule has 0 saturated carbocycles. The molecule has 0 spiro atoms. The zero-order chi connectivity index (χ0) is 20.6. The summed E-state index contributed by atoms with van der Waals surface area (Å²) in [4.78, 5) is 12.1. The van der Waals surface area contributed by atoms with Crippen molar-refractivity contribution in [2.75, 3.05) is 13.7 Å². The van der Waals surface area contributed by atoms with Gasteiger partial charge in [-0.3, -0.25) is 4.79 Å². The lowest BCUT2D eigenvalue weighted by Crippen LogP contribution is -2.33. The van der Waals surface area contributed by atoms with Crippen molar-refractivity contribution in [3.05, 3.63) is 47.9 Å². The van der Waals surface area contributed by atoms with Crippen molar-refractivity contribution in [3.63, 3.8) is 0 Å². The first-order valence-electron chi connectivity index (χ1n) is 8.95. The van der Waals surface area contributed by atoms with Gasteiger partial charge in [-0.05, 0) is 49.6 Å². The molecule has 0 aliphatic rings. The van der Waals surface area contributed by atoms with Crippen molar-refractivity contribution in [2.45, 2.75) is 44.8 Å². The Kier molecular flexibility index (Phi) is 7.78. The number of ether oxygens (including phenoxy) is 2. The molecule has 0 radical (unpaired) electrons. The number of rotatable bonds is 10. The highest BCUT2D eigenvalue weighted by atomic mass is 19.4. The zero-order valence-electron chi connectivity index (χ0n) is 15.8. The van der Waals surface area contributed by atoms with Gasteiger partial charge in [0, 0.05) is 18.9 Å². The SMILES string of the molecule is COc1cc(CCC(=O)NC(C)CCc2ccco2)ccc1OCC(F)(F)F. The van der Waals surface area contributed by atoms with Gasteiger partial charge < -0.3 is 19.2 Å². The summed E-state index contributed by atoms with van der Waals surface area (Å²) in [5.74, 6) is 0.998. The van der Waals surface area contributed by atoms with E-state index in [-0.39, 0.29) is 29.9 Å². The van der Waals surface area contributed by atoms with Crippen LogP contribution >= 0.6 is 0 Å². The van der Waals surface area contributed by atoms with Gasteiger partial charge in [0.1, 0.15) is 5.76 Å². The number of hydrogen-bond donors (Lipinski definition) is 1.